The number of benzene rings is 1. The highest BCUT2D eigenvalue weighted by Crippen LogP contribution is 2.25. The number of carbonyl (C=O) groups is 1. The molecule has 1 aromatic heterocycles. The minimum absolute atomic E-state index is 0.0156. The average molecular weight is 396 g/mol. The van der Waals surface area contributed by atoms with Gasteiger partial charge in [-0.15, -0.1) is 5.10 Å². The number of hydrogen-bond acceptors (Lipinski definition) is 5. The lowest BCUT2D eigenvalue weighted by Crippen LogP contribution is -2.57. The number of alkyl halides is 3. The van der Waals surface area contributed by atoms with E-state index in [0.717, 1.165) is 11.3 Å². The van der Waals surface area contributed by atoms with Gasteiger partial charge in [0.15, 0.2) is 5.69 Å². The highest BCUT2D eigenvalue weighted by atomic mass is 19.4. The molecule has 2 aromatic rings. The third-order valence-electron chi connectivity index (χ3n) is 4.81. The Morgan fingerprint density at radius 1 is 1.21 bits per heavy atom. The third kappa shape index (κ3) is 4.50. The Bertz CT molecular complexity index is 812. The van der Waals surface area contributed by atoms with Gasteiger partial charge >= 0.3 is 6.18 Å². The van der Waals surface area contributed by atoms with Crippen molar-refractivity contribution in [1.29, 1.82) is 0 Å². The van der Waals surface area contributed by atoms with Gasteiger partial charge in [-0.1, -0.05) is 22.9 Å². The van der Waals surface area contributed by atoms with Crippen molar-refractivity contribution in [3.05, 3.63) is 41.2 Å². The molecule has 2 heterocycles. The lowest BCUT2D eigenvalue weighted by Gasteiger charge is -2.35. The third-order valence-corrected chi connectivity index (χ3v) is 4.81. The molecule has 1 unspecified atom stereocenters. The topological polar surface area (TPSA) is 75.1 Å². The summed E-state index contributed by atoms with van der Waals surface area (Å²) in [6, 6.07) is 5.74. The molecule has 0 aliphatic carbocycles. The molecule has 1 aliphatic heterocycles. The summed E-state index contributed by atoms with van der Waals surface area (Å²) in [4.78, 5) is 13.8. The van der Waals surface area contributed by atoms with E-state index in [1.165, 1.54) is 9.58 Å². The summed E-state index contributed by atoms with van der Waals surface area (Å²) >= 11 is 0. The van der Waals surface area contributed by atoms with Crippen LogP contribution in [0.25, 0.3) is 5.69 Å². The van der Waals surface area contributed by atoms with Gasteiger partial charge in [-0.05, 0) is 26.0 Å². The van der Waals surface area contributed by atoms with E-state index in [2.05, 4.69) is 20.9 Å². The summed E-state index contributed by atoms with van der Waals surface area (Å²) in [6.45, 7) is 4.62. The van der Waals surface area contributed by atoms with Crippen molar-refractivity contribution in [1.82, 2.24) is 30.5 Å². The number of hydrogen-bond donors (Lipinski definition) is 2. The summed E-state index contributed by atoms with van der Waals surface area (Å²) in [6.07, 6.45) is -4.43. The van der Waals surface area contributed by atoms with E-state index in [-0.39, 0.29) is 18.8 Å². The first-order valence-corrected chi connectivity index (χ1v) is 9.06. The van der Waals surface area contributed by atoms with Crippen molar-refractivity contribution in [3.8, 4) is 5.69 Å². The minimum Gasteiger partial charge on any atom is -0.349 e. The summed E-state index contributed by atoms with van der Waals surface area (Å²) in [5.41, 5.74) is 2.28. The van der Waals surface area contributed by atoms with E-state index < -0.39 is 24.7 Å². The van der Waals surface area contributed by atoms with Crippen LogP contribution in [0, 0.1) is 13.8 Å². The monoisotopic (exact) mass is 396 g/mol. The van der Waals surface area contributed by atoms with Gasteiger partial charge < -0.3 is 10.6 Å². The van der Waals surface area contributed by atoms with Gasteiger partial charge in [0, 0.05) is 32.7 Å². The molecule has 7 nitrogen and oxygen atoms in total. The van der Waals surface area contributed by atoms with E-state index in [1.54, 1.807) is 6.92 Å². The first-order chi connectivity index (χ1) is 13.3. The Labute approximate surface area is 160 Å². The Balaban J connectivity index is 1.71. The number of rotatable bonds is 5. The number of piperazine rings is 1. The van der Waals surface area contributed by atoms with Crippen molar-refractivity contribution in [2.75, 3.05) is 32.7 Å². The average Bonchev–Trinajstić information content (AvgIpc) is 3.04. The van der Waals surface area contributed by atoms with E-state index in [1.807, 2.05) is 31.2 Å². The number of nitrogens with zero attached hydrogens (tertiary/aromatic N) is 4. The normalized spacial score (nSPS) is 16.8. The summed E-state index contributed by atoms with van der Waals surface area (Å²) < 4.78 is 41.8. The molecule has 152 valence electrons. The summed E-state index contributed by atoms with van der Waals surface area (Å²) in [5.74, 6) is -0.666. The van der Waals surface area contributed by atoms with Crippen LogP contribution in [0.2, 0.25) is 0 Å². The predicted molar refractivity (Wildman–Crippen MR) is 97.5 cm³/mol. The molecular weight excluding hydrogens is 373 g/mol. The van der Waals surface area contributed by atoms with Crippen LogP contribution in [0.1, 0.15) is 21.7 Å². The fraction of sp³-hybridized carbons (Fsp3) is 0.500. The molecule has 1 amide bonds. The molecule has 0 radical (unpaired) electrons. The van der Waals surface area contributed by atoms with Crippen LogP contribution in [0.15, 0.2) is 24.3 Å². The van der Waals surface area contributed by atoms with Gasteiger partial charge in [0.05, 0.1) is 11.4 Å². The van der Waals surface area contributed by atoms with Gasteiger partial charge in [0.1, 0.15) is 6.04 Å². The maximum absolute atomic E-state index is 13.4. The van der Waals surface area contributed by atoms with Gasteiger partial charge in [0.25, 0.3) is 5.91 Å². The van der Waals surface area contributed by atoms with Gasteiger partial charge in [-0.25, -0.2) is 4.68 Å². The standard InChI is InChI=1S/C18H23F3N6O/c1-12-3-5-14(6-4-12)27-13(2)16(24-25-27)17(28)23-11-15(18(19,20)21)26-9-7-22-8-10-26/h3-6,15,22H,7-11H2,1-2H3,(H,23,28). The van der Waals surface area contributed by atoms with Crippen molar-refractivity contribution in [2.24, 2.45) is 0 Å². The second kappa shape index (κ2) is 8.27. The van der Waals surface area contributed by atoms with Gasteiger partial charge in [-0.2, -0.15) is 13.2 Å². The molecule has 1 saturated heterocycles. The van der Waals surface area contributed by atoms with E-state index in [0.29, 0.717) is 18.8 Å². The van der Waals surface area contributed by atoms with Crippen molar-refractivity contribution in [3.63, 3.8) is 0 Å². The fourth-order valence-electron chi connectivity index (χ4n) is 3.19. The minimum atomic E-state index is -4.43. The molecule has 1 aliphatic rings. The number of aromatic nitrogens is 3. The van der Waals surface area contributed by atoms with Gasteiger partial charge in [-0.3, -0.25) is 9.69 Å². The Hall–Kier alpha value is -2.46. The molecule has 1 fully saturated rings. The Morgan fingerprint density at radius 3 is 2.46 bits per heavy atom. The summed E-state index contributed by atoms with van der Waals surface area (Å²) in [5, 5.41) is 13.2. The van der Waals surface area contributed by atoms with Crippen LogP contribution in [-0.2, 0) is 0 Å². The zero-order valence-corrected chi connectivity index (χ0v) is 15.8. The number of halogens is 3. The Morgan fingerprint density at radius 2 is 1.86 bits per heavy atom. The van der Waals surface area contributed by atoms with Crippen LogP contribution in [0.3, 0.4) is 0 Å². The first kappa shape index (κ1) is 20.3. The molecule has 0 bridgehead atoms. The molecular formula is C18H23F3N6O. The molecule has 1 atom stereocenters. The molecule has 2 N–H and O–H groups in total. The van der Waals surface area contributed by atoms with Crippen LogP contribution in [0.5, 0.6) is 0 Å². The van der Waals surface area contributed by atoms with Crippen LogP contribution in [-0.4, -0.2) is 70.7 Å². The number of nitrogens with one attached hydrogen (secondary N) is 2. The van der Waals surface area contributed by atoms with E-state index >= 15 is 0 Å². The quantitative estimate of drug-likeness (QED) is 0.800. The smallest absolute Gasteiger partial charge is 0.349 e. The van der Waals surface area contributed by atoms with E-state index in [4.69, 9.17) is 0 Å². The molecule has 3 rings (SSSR count). The van der Waals surface area contributed by atoms with Crippen molar-refractivity contribution in [2.45, 2.75) is 26.1 Å². The molecule has 1 aromatic carbocycles. The summed E-state index contributed by atoms with van der Waals surface area (Å²) in [7, 11) is 0. The lowest BCUT2D eigenvalue weighted by atomic mass is 10.2. The fourth-order valence-corrected chi connectivity index (χ4v) is 3.19. The maximum atomic E-state index is 13.4. The number of amides is 1. The predicted octanol–water partition coefficient (Wildman–Crippen LogP) is 1.45. The number of aryl methyl sites for hydroxylation is 1. The van der Waals surface area contributed by atoms with Gasteiger partial charge in [0.2, 0.25) is 0 Å². The highest BCUT2D eigenvalue weighted by Gasteiger charge is 2.44. The zero-order valence-electron chi connectivity index (χ0n) is 15.8. The molecule has 10 heteroatoms. The lowest BCUT2D eigenvalue weighted by molar-refractivity contribution is -0.183. The molecule has 0 spiro atoms. The highest BCUT2D eigenvalue weighted by molar-refractivity contribution is 5.93. The second-order valence-electron chi connectivity index (χ2n) is 6.82. The number of carbonyl (C=O) groups excluding carboxylic acids is 1. The van der Waals surface area contributed by atoms with E-state index in [9.17, 15) is 18.0 Å². The van der Waals surface area contributed by atoms with Crippen LogP contribution >= 0.6 is 0 Å². The zero-order chi connectivity index (χ0) is 20.3. The SMILES string of the molecule is Cc1ccc(-n2nnc(C(=O)NCC(N3CCNCC3)C(F)(F)F)c2C)cc1. The first-order valence-electron chi connectivity index (χ1n) is 9.06. The van der Waals surface area contributed by atoms with Crippen LogP contribution < -0.4 is 10.6 Å². The largest absolute Gasteiger partial charge is 0.405 e. The van der Waals surface area contributed by atoms with Crippen molar-refractivity contribution >= 4 is 5.91 Å². The molecule has 0 saturated carbocycles. The Kier molecular flexibility index (Phi) is 5.99. The van der Waals surface area contributed by atoms with Crippen molar-refractivity contribution < 1.29 is 18.0 Å². The maximum Gasteiger partial charge on any atom is 0.405 e. The molecule has 28 heavy (non-hydrogen) atoms. The van der Waals surface area contributed by atoms with Crippen LogP contribution in [0.4, 0.5) is 13.2 Å². The second-order valence-corrected chi connectivity index (χ2v) is 6.82.